The second-order valence-corrected chi connectivity index (χ2v) is 9.43. The second kappa shape index (κ2) is 9.64. The summed E-state index contributed by atoms with van der Waals surface area (Å²) in [6.07, 6.45) is 0.752. The SMILES string of the molecule is COc1ccc(NS(=O)(=O)c2cc(C(=O)N3CCc4ccccc4C3)ccc2OC)c(OC)c1. The number of nitrogens with zero attached hydrogens (tertiary/aromatic N) is 1. The summed E-state index contributed by atoms with van der Waals surface area (Å²) in [6, 6.07) is 17.2. The van der Waals surface area contributed by atoms with Gasteiger partial charge in [-0.3, -0.25) is 9.52 Å². The van der Waals surface area contributed by atoms with Crippen molar-refractivity contribution in [1.82, 2.24) is 4.90 Å². The number of methoxy groups -OCH3 is 3. The van der Waals surface area contributed by atoms with Crippen LogP contribution in [0.4, 0.5) is 5.69 Å². The minimum atomic E-state index is -4.11. The Kier molecular flexibility index (Phi) is 6.65. The van der Waals surface area contributed by atoms with Crippen LogP contribution in [0.3, 0.4) is 0 Å². The van der Waals surface area contributed by atoms with Crippen LogP contribution < -0.4 is 18.9 Å². The molecule has 0 atom stereocenters. The summed E-state index contributed by atoms with van der Waals surface area (Å²) in [7, 11) is 0.211. The Morgan fingerprint density at radius 2 is 1.62 bits per heavy atom. The van der Waals surface area contributed by atoms with Crippen molar-refractivity contribution in [1.29, 1.82) is 0 Å². The molecule has 0 aliphatic carbocycles. The van der Waals surface area contributed by atoms with Crippen molar-refractivity contribution < 1.29 is 27.4 Å². The van der Waals surface area contributed by atoms with Crippen molar-refractivity contribution in [2.24, 2.45) is 0 Å². The summed E-state index contributed by atoms with van der Waals surface area (Å²) >= 11 is 0. The molecule has 1 aliphatic rings. The summed E-state index contributed by atoms with van der Waals surface area (Å²) in [6.45, 7) is 1.04. The van der Waals surface area contributed by atoms with Crippen molar-refractivity contribution in [3.63, 3.8) is 0 Å². The number of amides is 1. The van der Waals surface area contributed by atoms with E-state index in [0.29, 0.717) is 24.6 Å². The number of hydrogen-bond acceptors (Lipinski definition) is 6. The number of ether oxygens (including phenoxy) is 3. The molecule has 1 amide bonds. The van der Waals surface area contributed by atoms with Gasteiger partial charge in [-0.15, -0.1) is 0 Å². The van der Waals surface area contributed by atoms with Crippen LogP contribution in [0, 0.1) is 0 Å². The molecule has 0 fully saturated rings. The molecule has 3 aromatic rings. The highest BCUT2D eigenvalue weighted by Crippen LogP contribution is 2.33. The largest absolute Gasteiger partial charge is 0.497 e. The number of fused-ring (bicyclic) bond motifs is 1. The quantitative estimate of drug-likeness (QED) is 0.552. The fraction of sp³-hybridized carbons (Fsp3) is 0.240. The number of carbonyl (C=O) groups excluding carboxylic acids is 1. The van der Waals surface area contributed by atoms with Gasteiger partial charge in [-0.2, -0.15) is 0 Å². The summed E-state index contributed by atoms with van der Waals surface area (Å²) in [4.78, 5) is 14.8. The van der Waals surface area contributed by atoms with Crippen LogP contribution in [0.15, 0.2) is 65.6 Å². The molecule has 0 spiro atoms. The Morgan fingerprint density at radius 3 is 2.32 bits per heavy atom. The Labute approximate surface area is 199 Å². The normalized spacial score (nSPS) is 13.1. The molecular weight excluding hydrogens is 456 g/mol. The highest BCUT2D eigenvalue weighted by Gasteiger charge is 2.26. The van der Waals surface area contributed by atoms with Crippen LogP contribution in [-0.2, 0) is 23.0 Å². The number of carbonyl (C=O) groups is 1. The molecule has 1 aliphatic heterocycles. The van der Waals surface area contributed by atoms with E-state index in [1.807, 2.05) is 18.2 Å². The number of nitrogens with one attached hydrogen (secondary N) is 1. The van der Waals surface area contributed by atoms with Gasteiger partial charge in [0.2, 0.25) is 0 Å². The van der Waals surface area contributed by atoms with E-state index in [2.05, 4.69) is 10.8 Å². The van der Waals surface area contributed by atoms with E-state index in [9.17, 15) is 13.2 Å². The first-order valence-corrected chi connectivity index (χ1v) is 12.1. The first kappa shape index (κ1) is 23.4. The maximum absolute atomic E-state index is 13.3. The van der Waals surface area contributed by atoms with Gasteiger partial charge in [-0.1, -0.05) is 24.3 Å². The summed E-state index contributed by atoms with van der Waals surface area (Å²) in [5.74, 6) is 0.699. The van der Waals surface area contributed by atoms with Crippen LogP contribution in [0.2, 0.25) is 0 Å². The molecule has 8 nitrogen and oxygen atoms in total. The van der Waals surface area contributed by atoms with Gasteiger partial charge in [-0.05, 0) is 47.9 Å². The number of sulfonamides is 1. The number of hydrogen-bond donors (Lipinski definition) is 1. The fourth-order valence-electron chi connectivity index (χ4n) is 3.95. The van der Waals surface area contributed by atoms with E-state index in [1.54, 1.807) is 29.2 Å². The van der Waals surface area contributed by atoms with Gasteiger partial charge >= 0.3 is 0 Å². The number of rotatable bonds is 7. The van der Waals surface area contributed by atoms with Crippen molar-refractivity contribution in [3.8, 4) is 17.2 Å². The second-order valence-electron chi connectivity index (χ2n) is 7.78. The number of benzene rings is 3. The molecule has 178 valence electrons. The lowest BCUT2D eigenvalue weighted by Crippen LogP contribution is -2.36. The summed E-state index contributed by atoms with van der Waals surface area (Å²) < 4.78 is 44.9. The highest BCUT2D eigenvalue weighted by atomic mass is 32.2. The lowest BCUT2D eigenvalue weighted by Gasteiger charge is -2.29. The molecule has 4 rings (SSSR count). The van der Waals surface area contributed by atoms with Crippen molar-refractivity contribution in [2.45, 2.75) is 17.9 Å². The van der Waals surface area contributed by atoms with Gasteiger partial charge in [0, 0.05) is 24.7 Å². The average molecular weight is 483 g/mol. The Morgan fingerprint density at radius 1 is 0.882 bits per heavy atom. The topological polar surface area (TPSA) is 94.2 Å². The monoisotopic (exact) mass is 482 g/mol. The number of anilines is 1. The molecule has 34 heavy (non-hydrogen) atoms. The predicted molar refractivity (Wildman–Crippen MR) is 128 cm³/mol. The van der Waals surface area contributed by atoms with E-state index >= 15 is 0 Å². The van der Waals surface area contributed by atoms with Gasteiger partial charge in [-0.25, -0.2) is 8.42 Å². The lowest BCUT2D eigenvalue weighted by molar-refractivity contribution is 0.0734. The van der Waals surface area contributed by atoms with E-state index in [-0.39, 0.29) is 27.8 Å². The van der Waals surface area contributed by atoms with Crippen molar-refractivity contribution >= 4 is 21.6 Å². The summed E-state index contributed by atoms with van der Waals surface area (Å²) in [5, 5.41) is 0. The molecule has 0 saturated carbocycles. The van der Waals surface area contributed by atoms with Crippen molar-refractivity contribution in [2.75, 3.05) is 32.6 Å². The third-order valence-electron chi connectivity index (χ3n) is 5.77. The smallest absolute Gasteiger partial charge is 0.265 e. The third-order valence-corrected chi connectivity index (χ3v) is 7.16. The first-order chi connectivity index (χ1) is 16.4. The molecule has 9 heteroatoms. The maximum Gasteiger partial charge on any atom is 0.265 e. The Hall–Kier alpha value is -3.72. The van der Waals surface area contributed by atoms with Gasteiger partial charge < -0.3 is 19.1 Å². The molecular formula is C25H26N2O6S. The first-order valence-electron chi connectivity index (χ1n) is 10.6. The minimum absolute atomic E-state index is 0.125. The zero-order valence-corrected chi connectivity index (χ0v) is 20.0. The van der Waals surface area contributed by atoms with E-state index < -0.39 is 10.0 Å². The molecule has 1 N–H and O–H groups in total. The molecule has 0 unspecified atom stereocenters. The molecule has 1 heterocycles. The zero-order chi connectivity index (χ0) is 24.3. The van der Waals surface area contributed by atoms with Crippen LogP contribution in [-0.4, -0.2) is 47.1 Å². The van der Waals surface area contributed by atoms with E-state index in [1.165, 1.54) is 39.0 Å². The fourth-order valence-corrected chi connectivity index (χ4v) is 5.22. The average Bonchev–Trinajstić information content (AvgIpc) is 2.87. The Bertz CT molecular complexity index is 1320. The van der Waals surface area contributed by atoms with Crippen molar-refractivity contribution in [3.05, 3.63) is 77.4 Å². The van der Waals surface area contributed by atoms with Crippen LogP contribution in [0.5, 0.6) is 17.2 Å². The zero-order valence-electron chi connectivity index (χ0n) is 19.2. The maximum atomic E-state index is 13.3. The molecule has 3 aromatic carbocycles. The predicted octanol–water partition coefficient (Wildman–Crippen LogP) is 3.71. The van der Waals surface area contributed by atoms with E-state index in [0.717, 1.165) is 12.0 Å². The van der Waals surface area contributed by atoms with Gasteiger partial charge in [0.25, 0.3) is 15.9 Å². The van der Waals surface area contributed by atoms with Gasteiger partial charge in [0.1, 0.15) is 22.1 Å². The molecule has 0 bridgehead atoms. The van der Waals surface area contributed by atoms with Gasteiger partial charge in [0.05, 0.1) is 27.0 Å². The summed E-state index contributed by atoms with van der Waals surface area (Å²) in [5.41, 5.74) is 2.82. The van der Waals surface area contributed by atoms with Crippen LogP contribution in [0.25, 0.3) is 0 Å². The molecule has 0 saturated heterocycles. The minimum Gasteiger partial charge on any atom is -0.497 e. The van der Waals surface area contributed by atoms with Crippen LogP contribution >= 0.6 is 0 Å². The Balaban J connectivity index is 1.64. The molecule has 0 aromatic heterocycles. The lowest BCUT2D eigenvalue weighted by atomic mass is 9.99. The van der Waals surface area contributed by atoms with Crippen LogP contribution in [0.1, 0.15) is 21.5 Å². The third kappa shape index (κ3) is 4.65. The van der Waals surface area contributed by atoms with E-state index in [4.69, 9.17) is 14.2 Å². The van der Waals surface area contributed by atoms with Gasteiger partial charge in [0.15, 0.2) is 0 Å². The molecule has 0 radical (unpaired) electrons. The highest BCUT2D eigenvalue weighted by molar-refractivity contribution is 7.92. The standard InChI is InChI=1S/C25H26N2O6S/c1-31-20-9-10-21(23(15-20)33-3)26-34(29,30)24-14-18(8-11-22(24)32-2)25(28)27-13-12-17-6-4-5-7-19(17)16-27/h4-11,14-15,26H,12-13,16H2,1-3H3.